The Morgan fingerprint density at radius 3 is 2.96 bits per heavy atom. The van der Waals surface area contributed by atoms with E-state index in [2.05, 4.69) is 31.9 Å². The summed E-state index contributed by atoms with van der Waals surface area (Å²) in [6, 6.07) is 4.10. The van der Waals surface area contributed by atoms with Crippen molar-refractivity contribution in [1.82, 2.24) is 9.97 Å². The molecule has 1 aliphatic rings. The fourth-order valence-electron chi connectivity index (χ4n) is 3.68. The summed E-state index contributed by atoms with van der Waals surface area (Å²) in [6.07, 6.45) is 3.23. The van der Waals surface area contributed by atoms with Gasteiger partial charge in [0.1, 0.15) is 17.4 Å². The molecule has 2 N–H and O–H groups in total. The fourth-order valence-corrected chi connectivity index (χ4v) is 6.25. The molecule has 1 unspecified atom stereocenters. The molecule has 0 bridgehead atoms. The van der Waals surface area contributed by atoms with E-state index in [9.17, 15) is 4.79 Å². The molecule has 0 aromatic carbocycles. The zero-order valence-electron chi connectivity index (χ0n) is 15.2. The minimum absolute atomic E-state index is 0.0240. The maximum atomic E-state index is 12.8. The number of thiophene rings is 2. The summed E-state index contributed by atoms with van der Waals surface area (Å²) < 4.78 is 0.812. The van der Waals surface area contributed by atoms with E-state index in [-0.39, 0.29) is 11.6 Å². The van der Waals surface area contributed by atoms with Crippen molar-refractivity contribution in [1.29, 1.82) is 0 Å². The number of aromatic amines is 1. The van der Waals surface area contributed by atoms with Gasteiger partial charge in [-0.25, -0.2) is 4.98 Å². The summed E-state index contributed by atoms with van der Waals surface area (Å²) in [5.74, 6) is 1.47. The minimum Gasteiger partial charge on any atom is -0.324 e. The molecule has 0 aliphatic heterocycles. The molecular weight excluding hydrogens is 386 g/mol. The predicted molar refractivity (Wildman–Crippen MR) is 110 cm³/mol. The normalized spacial score (nSPS) is 19.5. The van der Waals surface area contributed by atoms with Crippen LogP contribution in [-0.2, 0) is 19.4 Å². The van der Waals surface area contributed by atoms with Crippen LogP contribution in [0.4, 0.5) is 0 Å². The highest BCUT2D eigenvalue weighted by Gasteiger charge is 2.25. The molecule has 0 saturated carbocycles. The van der Waals surface area contributed by atoms with Crippen molar-refractivity contribution in [2.45, 2.75) is 45.7 Å². The number of hydrogen-bond donors (Lipinski definition) is 2. The average Bonchev–Trinajstić information content (AvgIpc) is 3.16. The van der Waals surface area contributed by atoms with Gasteiger partial charge in [0.05, 0.1) is 21.6 Å². The summed E-state index contributed by atoms with van der Waals surface area (Å²) in [5, 5.41) is 0.829. The van der Waals surface area contributed by atoms with E-state index in [1.165, 1.54) is 20.2 Å². The summed E-state index contributed by atoms with van der Waals surface area (Å²) in [6.45, 7) is 5.26. The van der Waals surface area contributed by atoms with Crippen molar-refractivity contribution >= 4 is 44.5 Å². The largest absolute Gasteiger partial charge is 0.324 e. The van der Waals surface area contributed by atoms with Crippen LogP contribution in [0.1, 0.15) is 47.5 Å². The van der Waals surface area contributed by atoms with E-state index < -0.39 is 0 Å². The standard InChI is InChI=1S/C19H22ClN3OS2/c1-10-4-6-13-14(8-10)26-19-16(13)18(24)21-17(22-19)11(2)23(3)9-12-5-7-15(20)25-12/h5,7,10-11H,4,6,8-9H2,1-3H3,(H,21,22,24)/p+1/t10-,11+/m0/s1. The highest BCUT2D eigenvalue weighted by molar-refractivity contribution is 7.18. The zero-order chi connectivity index (χ0) is 18.4. The first kappa shape index (κ1) is 18.2. The van der Waals surface area contributed by atoms with E-state index in [0.29, 0.717) is 5.92 Å². The lowest BCUT2D eigenvalue weighted by atomic mass is 9.89. The lowest BCUT2D eigenvalue weighted by Crippen LogP contribution is -3.07. The molecule has 138 valence electrons. The zero-order valence-corrected chi connectivity index (χ0v) is 17.6. The van der Waals surface area contributed by atoms with Gasteiger partial charge in [0, 0.05) is 4.88 Å². The predicted octanol–water partition coefficient (Wildman–Crippen LogP) is 3.60. The van der Waals surface area contributed by atoms with Crippen LogP contribution in [0, 0.1) is 5.92 Å². The second-order valence-corrected chi connectivity index (χ2v) is 10.3. The molecule has 7 heteroatoms. The van der Waals surface area contributed by atoms with Crippen LogP contribution in [-0.4, -0.2) is 17.0 Å². The molecule has 0 fully saturated rings. The molecule has 1 aliphatic carbocycles. The molecule has 3 heterocycles. The number of hydrogen-bond acceptors (Lipinski definition) is 4. The number of H-pyrrole nitrogens is 1. The van der Waals surface area contributed by atoms with Crippen LogP contribution in [0.25, 0.3) is 10.2 Å². The number of nitrogens with one attached hydrogen (secondary N) is 2. The number of quaternary nitrogens is 1. The van der Waals surface area contributed by atoms with Crippen molar-refractivity contribution in [3.63, 3.8) is 0 Å². The average molecular weight is 409 g/mol. The van der Waals surface area contributed by atoms with Crippen LogP contribution >= 0.6 is 34.3 Å². The van der Waals surface area contributed by atoms with E-state index in [1.54, 1.807) is 22.7 Å². The van der Waals surface area contributed by atoms with Gasteiger partial charge in [-0.2, -0.15) is 0 Å². The number of nitrogens with zero attached hydrogens (tertiary/aromatic N) is 1. The van der Waals surface area contributed by atoms with Gasteiger partial charge in [0.2, 0.25) is 0 Å². The Morgan fingerprint density at radius 2 is 2.23 bits per heavy atom. The number of rotatable bonds is 4. The lowest BCUT2D eigenvalue weighted by molar-refractivity contribution is -0.924. The second-order valence-electron chi connectivity index (χ2n) is 7.43. The highest BCUT2D eigenvalue weighted by atomic mass is 35.5. The van der Waals surface area contributed by atoms with Gasteiger partial charge in [0.15, 0.2) is 5.82 Å². The Kier molecular flexibility index (Phi) is 4.94. The third-order valence-electron chi connectivity index (χ3n) is 5.42. The van der Waals surface area contributed by atoms with Gasteiger partial charge in [-0.15, -0.1) is 22.7 Å². The summed E-state index contributed by atoms with van der Waals surface area (Å²) >= 11 is 9.36. The van der Waals surface area contributed by atoms with Crippen molar-refractivity contribution in [2.75, 3.05) is 7.05 Å². The molecule has 0 radical (unpaired) electrons. The second kappa shape index (κ2) is 7.08. The Bertz CT molecular complexity index is 1010. The van der Waals surface area contributed by atoms with Gasteiger partial charge < -0.3 is 9.88 Å². The molecule has 3 aromatic rings. The van der Waals surface area contributed by atoms with E-state index in [1.807, 2.05) is 6.07 Å². The first-order chi connectivity index (χ1) is 12.4. The Hall–Kier alpha value is -1.21. The third kappa shape index (κ3) is 3.36. The lowest BCUT2D eigenvalue weighted by Gasteiger charge is -2.20. The molecule has 26 heavy (non-hydrogen) atoms. The molecule has 0 spiro atoms. The highest BCUT2D eigenvalue weighted by Crippen LogP contribution is 2.35. The fraction of sp³-hybridized carbons (Fsp3) is 0.474. The Morgan fingerprint density at radius 1 is 1.42 bits per heavy atom. The molecule has 4 nitrogen and oxygen atoms in total. The summed E-state index contributed by atoms with van der Waals surface area (Å²) in [7, 11) is 2.13. The molecule has 0 saturated heterocycles. The monoisotopic (exact) mass is 408 g/mol. The molecule has 4 rings (SSSR count). The topological polar surface area (TPSA) is 50.2 Å². The number of aryl methyl sites for hydroxylation is 1. The van der Waals surface area contributed by atoms with Crippen LogP contribution in [0.3, 0.4) is 0 Å². The van der Waals surface area contributed by atoms with Gasteiger partial charge in [-0.05, 0) is 49.8 Å². The van der Waals surface area contributed by atoms with Crippen molar-refractivity contribution in [3.05, 3.63) is 48.0 Å². The van der Waals surface area contributed by atoms with Crippen molar-refractivity contribution < 1.29 is 4.90 Å². The Labute approximate surface area is 165 Å². The third-order valence-corrected chi connectivity index (χ3v) is 7.79. The van der Waals surface area contributed by atoms with Gasteiger partial charge in [-0.3, -0.25) is 4.79 Å². The van der Waals surface area contributed by atoms with Crippen LogP contribution in [0.15, 0.2) is 16.9 Å². The van der Waals surface area contributed by atoms with Gasteiger partial charge in [0.25, 0.3) is 5.56 Å². The SMILES string of the molecule is C[C@H]1CCc2c(sc3nc([C@@H](C)[NH+](C)Cc4ccc(Cl)s4)[nH]c(=O)c23)C1. The van der Waals surface area contributed by atoms with E-state index in [4.69, 9.17) is 16.6 Å². The molecule has 3 atom stereocenters. The first-order valence-electron chi connectivity index (χ1n) is 9.03. The maximum Gasteiger partial charge on any atom is 0.260 e. The van der Waals surface area contributed by atoms with Crippen LogP contribution < -0.4 is 10.5 Å². The molecule has 0 amide bonds. The quantitative estimate of drug-likeness (QED) is 0.692. The molecule has 3 aromatic heterocycles. The Balaban J connectivity index is 1.65. The molecular formula is C19H23ClN3OS2+. The number of aromatic nitrogens is 2. The van der Waals surface area contributed by atoms with Gasteiger partial charge >= 0.3 is 0 Å². The van der Waals surface area contributed by atoms with Crippen LogP contribution in [0.2, 0.25) is 4.34 Å². The van der Waals surface area contributed by atoms with Gasteiger partial charge in [-0.1, -0.05) is 18.5 Å². The van der Waals surface area contributed by atoms with Crippen molar-refractivity contribution in [3.8, 4) is 0 Å². The van der Waals surface area contributed by atoms with Crippen molar-refractivity contribution in [2.24, 2.45) is 5.92 Å². The van der Waals surface area contributed by atoms with E-state index in [0.717, 1.165) is 46.2 Å². The minimum atomic E-state index is 0.0240. The van der Waals surface area contributed by atoms with Crippen LogP contribution in [0.5, 0.6) is 0 Å². The number of halogens is 1. The summed E-state index contributed by atoms with van der Waals surface area (Å²) in [4.78, 5) is 25.5. The van der Waals surface area contributed by atoms with E-state index >= 15 is 0 Å². The maximum absolute atomic E-state index is 12.8. The first-order valence-corrected chi connectivity index (χ1v) is 11.0. The summed E-state index contributed by atoms with van der Waals surface area (Å²) in [5.41, 5.74) is 1.26. The smallest absolute Gasteiger partial charge is 0.260 e. The number of fused-ring (bicyclic) bond motifs is 3.